The Morgan fingerprint density at radius 2 is 2.24 bits per heavy atom. The number of carbonyl (C=O) groups is 1. The fourth-order valence-corrected chi connectivity index (χ4v) is 2.63. The van der Waals surface area contributed by atoms with Crippen LogP contribution < -0.4 is 11.2 Å². The van der Waals surface area contributed by atoms with Crippen LogP contribution in [0.25, 0.3) is 0 Å². The average molecular weight is 338 g/mol. The Morgan fingerprint density at radius 1 is 1.52 bits per heavy atom. The standard InChI is InChI=1S/C9H9F3N6OS2/c1-4-2-20-7(14-4)15-5(19)3-21-8-17-16-6(18(8)13)9(10,11)12/h2H,3,13H2,1H3,(H,14,15,19). The lowest BCUT2D eigenvalue weighted by Gasteiger charge is -2.05. The van der Waals surface area contributed by atoms with Gasteiger partial charge in [-0.1, -0.05) is 11.8 Å². The minimum absolute atomic E-state index is 0.161. The van der Waals surface area contributed by atoms with Crippen LogP contribution >= 0.6 is 23.1 Å². The highest BCUT2D eigenvalue weighted by molar-refractivity contribution is 7.99. The quantitative estimate of drug-likeness (QED) is 0.648. The van der Waals surface area contributed by atoms with E-state index in [2.05, 4.69) is 20.5 Å². The van der Waals surface area contributed by atoms with Crippen LogP contribution in [0, 0.1) is 6.92 Å². The van der Waals surface area contributed by atoms with Crippen molar-refractivity contribution in [2.75, 3.05) is 16.9 Å². The fraction of sp³-hybridized carbons (Fsp3) is 0.333. The van der Waals surface area contributed by atoms with Crippen molar-refractivity contribution in [2.24, 2.45) is 0 Å². The van der Waals surface area contributed by atoms with Gasteiger partial charge in [-0.25, -0.2) is 9.66 Å². The van der Waals surface area contributed by atoms with Crippen molar-refractivity contribution in [3.8, 4) is 0 Å². The van der Waals surface area contributed by atoms with Crippen molar-refractivity contribution in [3.05, 3.63) is 16.9 Å². The van der Waals surface area contributed by atoms with Gasteiger partial charge in [-0.3, -0.25) is 4.79 Å². The van der Waals surface area contributed by atoms with Gasteiger partial charge >= 0.3 is 6.18 Å². The fourth-order valence-electron chi connectivity index (χ4n) is 1.27. The SMILES string of the molecule is Cc1csc(NC(=O)CSc2nnc(C(F)(F)F)n2N)n1. The molecule has 2 heterocycles. The van der Waals surface area contributed by atoms with Crippen molar-refractivity contribution in [1.29, 1.82) is 0 Å². The molecule has 21 heavy (non-hydrogen) atoms. The van der Waals surface area contributed by atoms with Crippen LogP contribution in [-0.2, 0) is 11.0 Å². The molecule has 2 aromatic heterocycles. The Kier molecular flexibility index (Phi) is 4.37. The molecule has 0 aliphatic carbocycles. The summed E-state index contributed by atoms with van der Waals surface area (Å²) in [5, 5.41) is 10.7. The minimum Gasteiger partial charge on any atom is -0.335 e. The summed E-state index contributed by atoms with van der Waals surface area (Å²) < 4.78 is 37.7. The molecule has 0 saturated heterocycles. The van der Waals surface area contributed by atoms with Gasteiger partial charge in [0.2, 0.25) is 11.1 Å². The largest absolute Gasteiger partial charge is 0.453 e. The molecule has 0 aromatic carbocycles. The van der Waals surface area contributed by atoms with Crippen molar-refractivity contribution in [2.45, 2.75) is 18.3 Å². The van der Waals surface area contributed by atoms with Gasteiger partial charge in [0.1, 0.15) is 0 Å². The number of nitrogens with two attached hydrogens (primary N) is 1. The van der Waals surface area contributed by atoms with E-state index in [1.54, 1.807) is 12.3 Å². The number of aromatic nitrogens is 4. The van der Waals surface area contributed by atoms with Gasteiger partial charge in [0.05, 0.1) is 11.4 Å². The van der Waals surface area contributed by atoms with Crippen molar-refractivity contribution >= 4 is 34.1 Å². The van der Waals surface area contributed by atoms with E-state index in [-0.39, 0.29) is 10.9 Å². The zero-order chi connectivity index (χ0) is 15.6. The number of nitrogen functional groups attached to an aromatic ring is 1. The molecular weight excluding hydrogens is 329 g/mol. The Labute approximate surface area is 124 Å². The second kappa shape index (κ2) is 5.89. The number of thiazole rings is 1. The van der Waals surface area contributed by atoms with Crippen molar-refractivity contribution < 1.29 is 18.0 Å². The first-order chi connectivity index (χ1) is 9.77. The summed E-state index contributed by atoms with van der Waals surface area (Å²) in [5.74, 6) is 3.34. The predicted molar refractivity (Wildman–Crippen MR) is 71.4 cm³/mol. The second-order valence-corrected chi connectivity index (χ2v) is 5.61. The molecule has 3 N–H and O–H groups in total. The molecule has 0 spiro atoms. The second-order valence-electron chi connectivity index (χ2n) is 3.80. The number of hydrogen-bond donors (Lipinski definition) is 2. The number of amides is 1. The Hall–Kier alpha value is -1.82. The average Bonchev–Trinajstić information content (AvgIpc) is 2.92. The molecule has 1 amide bonds. The zero-order valence-corrected chi connectivity index (χ0v) is 12.1. The monoisotopic (exact) mass is 338 g/mol. The van der Waals surface area contributed by atoms with Gasteiger partial charge in [0.25, 0.3) is 5.82 Å². The van der Waals surface area contributed by atoms with E-state index in [9.17, 15) is 18.0 Å². The lowest BCUT2D eigenvalue weighted by Crippen LogP contribution is -2.22. The smallest absolute Gasteiger partial charge is 0.335 e. The van der Waals surface area contributed by atoms with Crippen LogP contribution in [0.5, 0.6) is 0 Å². The van der Waals surface area contributed by atoms with E-state index in [4.69, 9.17) is 5.84 Å². The lowest BCUT2D eigenvalue weighted by molar-refractivity contribution is -0.146. The highest BCUT2D eigenvalue weighted by atomic mass is 32.2. The predicted octanol–water partition coefficient (Wildman–Crippen LogP) is 1.51. The molecule has 0 unspecified atom stereocenters. The van der Waals surface area contributed by atoms with Gasteiger partial charge < -0.3 is 11.2 Å². The van der Waals surface area contributed by atoms with Gasteiger partial charge in [0.15, 0.2) is 5.13 Å². The lowest BCUT2D eigenvalue weighted by atomic mass is 10.6. The molecule has 0 bridgehead atoms. The van der Waals surface area contributed by atoms with Crippen LogP contribution in [0.4, 0.5) is 18.3 Å². The third kappa shape index (κ3) is 3.85. The van der Waals surface area contributed by atoms with Crippen LogP contribution in [0.2, 0.25) is 0 Å². The summed E-state index contributed by atoms with van der Waals surface area (Å²) in [5.41, 5.74) is 0.763. The number of nitrogens with one attached hydrogen (secondary N) is 1. The summed E-state index contributed by atoms with van der Waals surface area (Å²) >= 11 is 2.00. The first kappa shape index (κ1) is 15.6. The maximum absolute atomic E-state index is 12.5. The third-order valence-electron chi connectivity index (χ3n) is 2.12. The Balaban J connectivity index is 1.94. The number of aryl methyl sites for hydroxylation is 1. The molecule has 2 aromatic rings. The number of anilines is 1. The molecule has 0 radical (unpaired) electrons. The van der Waals surface area contributed by atoms with Gasteiger partial charge in [0, 0.05) is 5.38 Å². The summed E-state index contributed by atoms with van der Waals surface area (Å²) in [7, 11) is 0. The Bertz CT molecular complexity index is 652. The molecule has 0 fully saturated rings. The van der Waals surface area contributed by atoms with E-state index in [1.807, 2.05) is 0 Å². The number of nitrogens with zero attached hydrogens (tertiary/aromatic N) is 4. The minimum atomic E-state index is -4.69. The van der Waals surface area contributed by atoms with Crippen LogP contribution in [0.1, 0.15) is 11.5 Å². The van der Waals surface area contributed by atoms with Crippen LogP contribution in [0.3, 0.4) is 0 Å². The molecule has 114 valence electrons. The maximum Gasteiger partial charge on any atom is 0.453 e. The van der Waals surface area contributed by atoms with Gasteiger partial charge in [-0.15, -0.1) is 21.5 Å². The molecule has 0 saturated carbocycles. The third-order valence-corrected chi connectivity index (χ3v) is 3.93. The first-order valence-electron chi connectivity index (χ1n) is 5.40. The van der Waals surface area contributed by atoms with Gasteiger partial charge in [-0.05, 0) is 6.92 Å². The molecule has 0 atom stereocenters. The highest BCUT2D eigenvalue weighted by Crippen LogP contribution is 2.28. The van der Waals surface area contributed by atoms with E-state index in [1.165, 1.54) is 11.3 Å². The van der Waals surface area contributed by atoms with E-state index in [0.29, 0.717) is 9.81 Å². The maximum atomic E-state index is 12.5. The van der Waals surface area contributed by atoms with Crippen LogP contribution in [-0.4, -0.2) is 31.5 Å². The summed E-state index contributed by atoms with van der Waals surface area (Å²) in [6.45, 7) is 1.77. The molecule has 0 aliphatic heterocycles. The number of rotatable bonds is 4. The number of alkyl halides is 3. The zero-order valence-electron chi connectivity index (χ0n) is 10.5. The molecule has 0 aliphatic rings. The summed E-state index contributed by atoms with van der Waals surface area (Å²) in [6.07, 6.45) is -4.69. The van der Waals surface area contributed by atoms with Gasteiger partial charge in [-0.2, -0.15) is 13.2 Å². The molecular formula is C9H9F3N6OS2. The summed E-state index contributed by atoms with van der Waals surface area (Å²) in [4.78, 5) is 15.7. The molecule has 7 nitrogen and oxygen atoms in total. The summed E-state index contributed by atoms with van der Waals surface area (Å²) in [6, 6.07) is 0. The highest BCUT2D eigenvalue weighted by Gasteiger charge is 2.38. The van der Waals surface area contributed by atoms with E-state index < -0.39 is 17.9 Å². The number of hydrogen-bond acceptors (Lipinski definition) is 7. The van der Waals surface area contributed by atoms with Crippen molar-refractivity contribution in [1.82, 2.24) is 19.9 Å². The number of carbonyl (C=O) groups excluding carboxylic acids is 1. The van der Waals surface area contributed by atoms with E-state index in [0.717, 1.165) is 17.5 Å². The normalized spacial score (nSPS) is 11.6. The number of thioether (sulfide) groups is 1. The van der Waals surface area contributed by atoms with Crippen molar-refractivity contribution in [3.63, 3.8) is 0 Å². The molecule has 2 rings (SSSR count). The topological polar surface area (TPSA) is 98.7 Å². The molecule has 12 heteroatoms. The Morgan fingerprint density at radius 3 is 2.76 bits per heavy atom. The first-order valence-corrected chi connectivity index (χ1v) is 7.26. The number of halogens is 3. The van der Waals surface area contributed by atoms with Crippen LogP contribution in [0.15, 0.2) is 10.5 Å². The van der Waals surface area contributed by atoms with E-state index >= 15 is 0 Å².